The van der Waals surface area contributed by atoms with Gasteiger partial charge in [-0.15, -0.1) is 0 Å². The molecule has 0 heterocycles. The van der Waals surface area contributed by atoms with Crippen LogP contribution in [-0.2, 0) is 19.6 Å². The molecule has 1 unspecified atom stereocenters. The van der Waals surface area contributed by atoms with Gasteiger partial charge in [-0.2, -0.15) is 83.1 Å². The van der Waals surface area contributed by atoms with Crippen LogP contribution in [0.4, 0.5) is 79.1 Å². The van der Waals surface area contributed by atoms with Gasteiger partial charge in [0.05, 0.1) is 0 Å². The van der Waals surface area contributed by atoms with E-state index in [9.17, 15) is 92.3 Å². The number of hydrogen-bond donors (Lipinski definition) is 0. The lowest BCUT2D eigenvalue weighted by molar-refractivity contribution is -0.950. The lowest BCUT2D eigenvalue weighted by atomic mass is 9.91. The van der Waals surface area contributed by atoms with E-state index in [4.69, 9.17) is 0 Å². The number of alkyl halides is 17. The summed E-state index contributed by atoms with van der Waals surface area (Å²) in [6.45, 7) is -3.01. The number of halogens is 18. The third kappa shape index (κ3) is 4.98. The number of carbonyl (C=O) groups is 1. The number of rotatable bonds is 13. The lowest BCUT2D eigenvalue weighted by Crippen LogP contribution is -2.75. The Morgan fingerprint density at radius 1 is 0.718 bits per heavy atom. The molecular weight excluding hydrogens is 632 g/mol. The molecule has 0 aromatic rings. The summed E-state index contributed by atoms with van der Waals surface area (Å²) in [5.74, 6) is -54.3. The van der Waals surface area contributed by atoms with Crippen LogP contribution in [0.2, 0.25) is 0 Å². The summed E-state index contributed by atoms with van der Waals surface area (Å²) in [6.07, 6.45) is -7.68. The molecular formula is C15H12F18NO4S+. The minimum atomic E-state index is -9.03. The summed E-state index contributed by atoms with van der Waals surface area (Å²) in [7, 11) is -8.09. The zero-order chi connectivity index (χ0) is 32.1. The first kappa shape index (κ1) is 36.9. The molecule has 1 atom stereocenters. The molecule has 0 saturated heterocycles. The second kappa shape index (κ2) is 10.0. The fraction of sp³-hybridized carbons (Fsp3) is 0.800. The molecule has 0 spiro atoms. The Kier molecular flexibility index (Phi) is 9.50. The van der Waals surface area contributed by atoms with Gasteiger partial charge in [-0.05, 0) is 11.0 Å². The van der Waals surface area contributed by atoms with Gasteiger partial charge in [0.1, 0.15) is 13.2 Å². The van der Waals surface area contributed by atoms with E-state index in [2.05, 4.69) is 11.3 Å². The van der Waals surface area contributed by atoms with Gasteiger partial charge in [-0.1, -0.05) is 6.58 Å². The molecule has 0 bridgehead atoms. The predicted molar refractivity (Wildman–Crippen MR) is 87.5 cm³/mol. The quantitative estimate of drug-likeness (QED) is 0.111. The predicted octanol–water partition coefficient (Wildman–Crippen LogP) is 5.73. The topological polar surface area (TPSA) is 60.4 Å². The average molecular weight is 644 g/mol. The van der Waals surface area contributed by atoms with Gasteiger partial charge in [0, 0.05) is 10.6 Å². The Bertz CT molecular complexity index is 1040. The van der Waals surface area contributed by atoms with Gasteiger partial charge in [0.15, 0.2) is 6.54 Å². The first-order valence-corrected chi connectivity index (χ1v) is 10.5. The molecule has 0 N–H and O–H groups in total. The van der Waals surface area contributed by atoms with Crippen molar-refractivity contribution in [1.29, 1.82) is 0 Å². The lowest BCUT2D eigenvalue weighted by Gasteiger charge is -2.42. The van der Waals surface area contributed by atoms with E-state index in [0.717, 1.165) is 0 Å². The van der Waals surface area contributed by atoms with Crippen molar-refractivity contribution >= 4 is 16.0 Å². The smallest absolute Gasteiger partial charge is 0.456 e. The Labute approximate surface area is 204 Å². The van der Waals surface area contributed by atoms with Crippen molar-refractivity contribution in [2.45, 2.75) is 53.9 Å². The number of likely N-dealkylation sites (N-methyl/N-ethyl adjacent to an activating group) is 1. The SMILES string of the molecule is C=CC(=O)OCC[N+](F)(CC)S(=O)(=O)C(F)(F)C(F)(F)C(F)(F)C(F)(F)C(F)(F)C(F)(F)C(F)(F)C(F)(F)F. The fourth-order valence-electron chi connectivity index (χ4n) is 2.31. The van der Waals surface area contributed by atoms with Gasteiger partial charge < -0.3 is 4.74 Å². The summed E-state index contributed by atoms with van der Waals surface area (Å²) in [5.41, 5.74) is 0. The first-order chi connectivity index (χ1) is 16.8. The minimum absolute atomic E-state index is 0.182. The van der Waals surface area contributed by atoms with Crippen LogP contribution in [0, 0.1) is 0 Å². The highest BCUT2D eigenvalue weighted by molar-refractivity contribution is 7.87. The minimum Gasteiger partial charge on any atom is -0.456 e. The molecule has 39 heavy (non-hydrogen) atoms. The Morgan fingerprint density at radius 2 is 1.05 bits per heavy atom. The number of sulfonamides is 1. The summed E-state index contributed by atoms with van der Waals surface area (Å²) >= 11 is 0. The molecule has 0 aromatic heterocycles. The summed E-state index contributed by atoms with van der Waals surface area (Å²) < 4.78 is 264. The molecule has 0 aliphatic heterocycles. The van der Waals surface area contributed by atoms with Gasteiger partial charge >= 0.3 is 63.0 Å². The Balaban J connectivity index is 7.00. The van der Waals surface area contributed by atoms with E-state index in [1.54, 1.807) is 0 Å². The normalized spacial score (nSPS) is 17.0. The third-order valence-corrected chi connectivity index (χ3v) is 6.96. The molecule has 0 saturated carbocycles. The van der Waals surface area contributed by atoms with Crippen LogP contribution in [0.15, 0.2) is 12.7 Å². The average Bonchev–Trinajstić information content (AvgIpc) is 2.76. The van der Waals surface area contributed by atoms with Crippen molar-refractivity contribution in [1.82, 2.24) is 0 Å². The molecule has 0 aliphatic carbocycles. The summed E-state index contributed by atoms with van der Waals surface area (Å²) in [5, 5.41) is -8.03. The van der Waals surface area contributed by atoms with Crippen LogP contribution in [-0.4, -0.2) is 85.2 Å². The number of hydrogen-bond acceptors (Lipinski definition) is 4. The van der Waals surface area contributed by atoms with Crippen LogP contribution in [0.25, 0.3) is 0 Å². The highest BCUT2D eigenvalue weighted by Crippen LogP contribution is 2.64. The molecule has 0 radical (unpaired) electrons. The van der Waals surface area contributed by atoms with Crippen molar-refractivity contribution in [3.05, 3.63) is 12.7 Å². The fourth-order valence-corrected chi connectivity index (χ4v) is 3.82. The zero-order valence-corrected chi connectivity index (χ0v) is 19.0. The van der Waals surface area contributed by atoms with Crippen molar-refractivity contribution in [3.8, 4) is 0 Å². The largest absolute Gasteiger partial charge is 0.467 e. The highest BCUT2D eigenvalue weighted by atomic mass is 32.2. The summed E-state index contributed by atoms with van der Waals surface area (Å²) in [6, 6.07) is 0. The number of ether oxygens (including phenoxy) is 1. The molecule has 0 amide bonds. The summed E-state index contributed by atoms with van der Waals surface area (Å²) in [4.78, 5) is 10.8. The van der Waals surface area contributed by atoms with E-state index < -0.39 is 86.8 Å². The molecule has 232 valence electrons. The van der Waals surface area contributed by atoms with Crippen molar-refractivity contribution in [2.24, 2.45) is 0 Å². The van der Waals surface area contributed by atoms with Crippen LogP contribution < -0.4 is 0 Å². The monoisotopic (exact) mass is 644 g/mol. The van der Waals surface area contributed by atoms with Crippen molar-refractivity contribution in [3.63, 3.8) is 0 Å². The second-order valence-corrected chi connectivity index (χ2v) is 9.25. The van der Waals surface area contributed by atoms with E-state index in [0.29, 0.717) is 0 Å². The maximum absolute atomic E-state index is 14.7. The van der Waals surface area contributed by atoms with E-state index in [-0.39, 0.29) is 13.0 Å². The molecule has 0 fully saturated rings. The molecule has 0 rings (SSSR count). The molecule has 24 heteroatoms. The maximum atomic E-state index is 14.7. The number of esters is 1. The molecule has 0 aliphatic rings. The van der Waals surface area contributed by atoms with E-state index in [1.165, 1.54) is 0 Å². The molecule has 0 aromatic carbocycles. The van der Waals surface area contributed by atoms with Crippen LogP contribution in [0.5, 0.6) is 0 Å². The van der Waals surface area contributed by atoms with Gasteiger partial charge in [0.2, 0.25) is 0 Å². The Morgan fingerprint density at radius 3 is 1.36 bits per heavy atom. The van der Waals surface area contributed by atoms with Gasteiger partial charge in [-0.3, -0.25) is 0 Å². The van der Waals surface area contributed by atoms with E-state index in [1.807, 2.05) is 0 Å². The maximum Gasteiger partial charge on any atom is 0.467 e. The van der Waals surface area contributed by atoms with Crippen molar-refractivity contribution < 1.29 is 101 Å². The Hall–Kier alpha value is -2.14. The standard InChI is InChI=1S/C15H12F18NO4S/c1-3-7(35)38-6-5-34(33,4-2)39(36,37)15(31,32)13(26,27)11(22,23)9(18,19)8(16,17)10(20,21)12(24,25)14(28,29)30/h3H,1,4-6H2,2H3/q+1. The van der Waals surface area contributed by atoms with Crippen LogP contribution in [0.3, 0.4) is 0 Å². The van der Waals surface area contributed by atoms with Crippen molar-refractivity contribution in [2.75, 3.05) is 19.7 Å². The zero-order valence-electron chi connectivity index (χ0n) is 18.2. The number of quaternary nitrogens is 1. The van der Waals surface area contributed by atoms with Crippen LogP contribution >= 0.6 is 0 Å². The molecule has 5 nitrogen and oxygen atoms in total. The second-order valence-electron chi connectivity index (χ2n) is 7.14. The number of carbonyl (C=O) groups excluding carboxylic acids is 1. The van der Waals surface area contributed by atoms with Gasteiger partial charge in [-0.25, -0.2) is 4.79 Å². The first-order valence-electron chi connectivity index (χ1n) is 9.09. The van der Waals surface area contributed by atoms with Gasteiger partial charge in [0.25, 0.3) is 0 Å². The number of nitrogens with zero attached hydrogens (tertiary/aromatic N) is 1. The van der Waals surface area contributed by atoms with E-state index >= 15 is 0 Å². The van der Waals surface area contributed by atoms with Crippen LogP contribution in [0.1, 0.15) is 6.92 Å². The highest BCUT2D eigenvalue weighted by Gasteiger charge is 2.97. The third-order valence-electron chi connectivity index (χ3n) is 4.76.